The van der Waals surface area contributed by atoms with Crippen LogP contribution in [0.15, 0.2) is 0 Å². The summed E-state index contributed by atoms with van der Waals surface area (Å²) in [6, 6.07) is -1.04. The smallest absolute Gasteiger partial charge is 0.391 e. The summed E-state index contributed by atoms with van der Waals surface area (Å²) >= 11 is 0. The lowest BCUT2D eigenvalue weighted by molar-refractivity contribution is -0.148. The van der Waals surface area contributed by atoms with E-state index in [1.54, 1.807) is 0 Å². The van der Waals surface area contributed by atoms with Gasteiger partial charge in [0.1, 0.15) is 0 Å². The zero-order valence-electron chi connectivity index (χ0n) is 11.5. The van der Waals surface area contributed by atoms with Gasteiger partial charge in [-0.2, -0.15) is 13.2 Å². The average Bonchev–Trinajstić information content (AvgIpc) is 2.70. The summed E-state index contributed by atoms with van der Waals surface area (Å²) in [7, 11) is 0. The highest BCUT2D eigenvalue weighted by Crippen LogP contribution is 2.38. The normalized spacial score (nSPS) is 28.1. The molecule has 7 heteroatoms. The van der Waals surface area contributed by atoms with Crippen molar-refractivity contribution in [3.05, 3.63) is 0 Å². The minimum absolute atomic E-state index is 0.143. The largest absolute Gasteiger partial charge is 0.481 e. The molecule has 0 aliphatic heterocycles. The lowest BCUT2D eigenvalue weighted by Crippen LogP contribution is -2.41. The van der Waals surface area contributed by atoms with Gasteiger partial charge >= 0.3 is 12.1 Å². The second-order valence-electron chi connectivity index (χ2n) is 5.53. The van der Waals surface area contributed by atoms with Gasteiger partial charge in [-0.15, -0.1) is 0 Å². The van der Waals surface area contributed by atoms with Gasteiger partial charge in [-0.3, -0.25) is 9.59 Å². The summed E-state index contributed by atoms with van der Waals surface area (Å²) in [6.07, 6.45) is -3.85. The fourth-order valence-corrected chi connectivity index (χ4v) is 2.79. The highest BCUT2D eigenvalue weighted by Gasteiger charge is 2.42. The van der Waals surface area contributed by atoms with Crippen LogP contribution in [0.4, 0.5) is 13.2 Å². The molecule has 4 atom stereocenters. The summed E-state index contributed by atoms with van der Waals surface area (Å²) in [5, 5.41) is 11.4. The van der Waals surface area contributed by atoms with E-state index in [4.69, 9.17) is 5.11 Å². The molecule has 1 aliphatic rings. The number of carbonyl (C=O) groups excluding carboxylic acids is 1. The maximum Gasteiger partial charge on any atom is 0.391 e. The summed E-state index contributed by atoms with van der Waals surface area (Å²) in [4.78, 5) is 23.1. The minimum atomic E-state index is -4.35. The molecule has 20 heavy (non-hydrogen) atoms. The van der Waals surface area contributed by atoms with Gasteiger partial charge in [0.05, 0.1) is 18.3 Å². The first kappa shape index (κ1) is 16.8. The highest BCUT2D eigenvalue weighted by molar-refractivity contribution is 5.85. The predicted octanol–water partition coefficient (Wildman–Crippen LogP) is 2.58. The number of hydrogen-bond donors (Lipinski definition) is 2. The molecule has 2 N–H and O–H groups in total. The molecule has 1 fully saturated rings. The third kappa shape index (κ3) is 4.68. The first-order chi connectivity index (χ1) is 9.14. The molecule has 0 radical (unpaired) electrons. The van der Waals surface area contributed by atoms with Crippen LogP contribution < -0.4 is 5.32 Å². The van der Waals surface area contributed by atoms with E-state index in [1.165, 1.54) is 6.92 Å². The van der Waals surface area contributed by atoms with Crippen molar-refractivity contribution in [2.75, 3.05) is 0 Å². The number of hydrogen-bond acceptors (Lipinski definition) is 2. The zero-order chi connectivity index (χ0) is 15.5. The Kier molecular flexibility index (Phi) is 5.42. The van der Waals surface area contributed by atoms with Crippen molar-refractivity contribution in [1.29, 1.82) is 0 Å². The third-order valence-corrected chi connectivity index (χ3v) is 3.82. The molecule has 1 rings (SSSR count). The van der Waals surface area contributed by atoms with E-state index in [9.17, 15) is 22.8 Å². The van der Waals surface area contributed by atoms with E-state index >= 15 is 0 Å². The Labute approximate surface area is 115 Å². The molecule has 0 spiro atoms. The molecule has 1 amide bonds. The zero-order valence-corrected chi connectivity index (χ0v) is 11.5. The predicted molar refractivity (Wildman–Crippen MR) is 65.9 cm³/mol. The molecular weight excluding hydrogens is 275 g/mol. The van der Waals surface area contributed by atoms with Gasteiger partial charge in [0, 0.05) is 6.04 Å². The number of carboxylic acid groups (broad SMARTS) is 1. The van der Waals surface area contributed by atoms with E-state index in [0.717, 1.165) is 6.42 Å². The molecular formula is C13H20F3NO3. The van der Waals surface area contributed by atoms with E-state index in [0.29, 0.717) is 12.8 Å². The third-order valence-electron chi connectivity index (χ3n) is 3.82. The molecule has 0 bridgehead atoms. The van der Waals surface area contributed by atoms with Crippen molar-refractivity contribution in [3.63, 3.8) is 0 Å². The van der Waals surface area contributed by atoms with Gasteiger partial charge < -0.3 is 10.4 Å². The Balaban J connectivity index is 2.63. The molecule has 1 aliphatic carbocycles. The maximum absolute atomic E-state index is 12.2. The fraction of sp³-hybridized carbons (Fsp3) is 0.846. The van der Waals surface area contributed by atoms with Crippen molar-refractivity contribution in [2.24, 2.45) is 17.8 Å². The lowest BCUT2D eigenvalue weighted by atomic mass is 9.95. The summed E-state index contributed by atoms with van der Waals surface area (Å²) in [5.41, 5.74) is 0. The first-order valence-electron chi connectivity index (χ1n) is 6.74. The van der Waals surface area contributed by atoms with E-state index in [-0.39, 0.29) is 5.92 Å². The molecule has 116 valence electrons. The molecule has 0 aromatic carbocycles. The summed E-state index contributed by atoms with van der Waals surface area (Å²) < 4.78 is 36.6. The average molecular weight is 295 g/mol. The van der Waals surface area contributed by atoms with Crippen LogP contribution in [0.25, 0.3) is 0 Å². The van der Waals surface area contributed by atoms with Gasteiger partial charge in [-0.25, -0.2) is 0 Å². The molecule has 0 aromatic rings. The number of rotatable bonds is 5. The van der Waals surface area contributed by atoms with E-state index in [1.807, 2.05) is 6.92 Å². The standard InChI is InChI=1S/C13H20F3NO3/c1-3-8-4-9(10(5-8)12(19)20)11(18)17-7(2)6-13(14,15)16/h7-10H,3-6H2,1-2H3,(H,17,18)(H,19,20). The topological polar surface area (TPSA) is 66.4 Å². The summed E-state index contributed by atoms with van der Waals surface area (Å²) in [6.45, 7) is 3.18. The van der Waals surface area contributed by atoms with Crippen molar-refractivity contribution < 1.29 is 27.9 Å². The van der Waals surface area contributed by atoms with Crippen LogP contribution in [0.5, 0.6) is 0 Å². The number of halogens is 3. The molecule has 0 aromatic heterocycles. The molecule has 4 unspecified atom stereocenters. The van der Waals surface area contributed by atoms with Crippen LogP contribution in [-0.4, -0.2) is 29.2 Å². The maximum atomic E-state index is 12.2. The van der Waals surface area contributed by atoms with Crippen molar-refractivity contribution in [3.8, 4) is 0 Å². The second-order valence-corrected chi connectivity index (χ2v) is 5.53. The molecule has 4 nitrogen and oxygen atoms in total. The van der Waals surface area contributed by atoms with Gasteiger partial charge in [-0.05, 0) is 25.7 Å². The molecule has 1 saturated carbocycles. The van der Waals surface area contributed by atoms with Crippen molar-refractivity contribution in [1.82, 2.24) is 5.32 Å². The second kappa shape index (κ2) is 6.45. The van der Waals surface area contributed by atoms with Crippen molar-refractivity contribution in [2.45, 2.75) is 51.7 Å². The minimum Gasteiger partial charge on any atom is -0.481 e. The first-order valence-corrected chi connectivity index (χ1v) is 6.74. The highest BCUT2D eigenvalue weighted by atomic mass is 19.4. The Hall–Kier alpha value is -1.27. The number of aliphatic carboxylic acids is 1. The SMILES string of the molecule is CCC1CC(C(=O)O)C(C(=O)NC(C)CC(F)(F)F)C1. The number of amides is 1. The van der Waals surface area contributed by atoms with Gasteiger partial charge in [0.2, 0.25) is 5.91 Å². The Morgan fingerprint density at radius 3 is 2.30 bits per heavy atom. The molecule has 0 saturated heterocycles. The monoisotopic (exact) mass is 295 g/mol. The van der Waals surface area contributed by atoms with E-state index in [2.05, 4.69) is 5.32 Å². The quantitative estimate of drug-likeness (QED) is 0.819. The number of nitrogens with one attached hydrogen (secondary N) is 1. The number of carbonyl (C=O) groups is 2. The number of carboxylic acids is 1. The van der Waals surface area contributed by atoms with E-state index < -0.39 is 42.4 Å². The number of alkyl halides is 3. The fourth-order valence-electron chi connectivity index (χ4n) is 2.79. The van der Waals surface area contributed by atoms with Crippen LogP contribution in [0.3, 0.4) is 0 Å². The Morgan fingerprint density at radius 1 is 1.30 bits per heavy atom. The van der Waals surface area contributed by atoms with Crippen LogP contribution in [0, 0.1) is 17.8 Å². The van der Waals surface area contributed by atoms with Crippen LogP contribution >= 0.6 is 0 Å². The van der Waals surface area contributed by atoms with Crippen LogP contribution in [0.1, 0.15) is 39.5 Å². The van der Waals surface area contributed by atoms with Crippen LogP contribution in [0.2, 0.25) is 0 Å². The van der Waals surface area contributed by atoms with Crippen LogP contribution in [-0.2, 0) is 9.59 Å². The molecule has 0 heterocycles. The van der Waals surface area contributed by atoms with Crippen molar-refractivity contribution >= 4 is 11.9 Å². The van der Waals surface area contributed by atoms with Gasteiger partial charge in [0.15, 0.2) is 0 Å². The summed E-state index contributed by atoms with van der Waals surface area (Å²) in [5.74, 6) is -3.01. The Morgan fingerprint density at radius 2 is 1.85 bits per heavy atom. The van der Waals surface area contributed by atoms with Gasteiger partial charge in [0.25, 0.3) is 0 Å². The Bertz CT molecular complexity index is 370. The lowest BCUT2D eigenvalue weighted by Gasteiger charge is -2.20. The van der Waals surface area contributed by atoms with Gasteiger partial charge in [-0.1, -0.05) is 13.3 Å².